The van der Waals surface area contributed by atoms with E-state index in [0.29, 0.717) is 19.0 Å². The smallest absolute Gasteiger partial charge is 0.211 e. The van der Waals surface area contributed by atoms with Crippen LogP contribution in [-0.4, -0.2) is 93.7 Å². The van der Waals surface area contributed by atoms with E-state index in [4.69, 9.17) is 0 Å². The first-order valence-electron chi connectivity index (χ1n) is 8.14. The number of rotatable bonds is 4. The van der Waals surface area contributed by atoms with Crippen LogP contribution in [0.15, 0.2) is 0 Å². The maximum atomic E-state index is 11.7. The van der Waals surface area contributed by atoms with Gasteiger partial charge in [-0.1, -0.05) is 0 Å². The molecule has 0 aromatic rings. The van der Waals surface area contributed by atoms with Crippen LogP contribution in [0.4, 0.5) is 0 Å². The van der Waals surface area contributed by atoms with Crippen LogP contribution in [-0.2, 0) is 10.0 Å². The maximum absolute atomic E-state index is 11.7. The van der Waals surface area contributed by atoms with Crippen LogP contribution < -0.4 is 5.32 Å². The Hall–Kier alpha value is -0.210. The van der Waals surface area contributed by atoms with Crippen LogP contribution >= 0.6 is 0 Å². The molecule has 3 heterocycles. The van der Waals surface area contributed by atoms with Gasteiger partial charge in [-0.05, 0) is 18.8 Å². The lowest BCUT2D eigenvalue weighted by Gasteiger charge is -2.44. The highest BCUT2D eigenvalue weighted by Crippen LogP contribution is 2.20. The Kier molecular flexibility index (Phi) is 4.85. The van der Waals surface area contributed by atoms with Gasteiger partial charge < -0.3 is 10.2 Å². The highest BCUT2D eigenvalue weighted by atomic mass is 32.2. The summed E-state index contributed by atoms with van der Waals surface area (Å²) in [4.78, 5) is 5.12. The molecule has 0 bridgehead atoms. The molecule has 122 valence electrons. The number of nitrogens with zero attached hydrogens (tertiary/aromatic N) is 3. The standard InChI is InChI=1S/C14H28N4O2S/c1-21(19,20)18-4-2-3-13(12-18)11-16-5-7-17(8-6-16)14-9-15-10-14/h13-15H,2-12H2,1H3. The Morgan fingerprint density at radius 1 is 1.10 bits per heavy atom. The second kappa shape index (κ2) is 6.50. The summed E-state index contributed by atoms with van der Waals surface area (Å²) in [5.41, 5.74) is 0. The molecule has 3 saturated heterocycles. The summed E-state index contributed by atoms with van der Waals surface area (Å²) in [6.45, 7) is 9.35. The molecule has 1 N–H and O–H groups in total. The fourth-order valence-electron chi connectivity index (χ4n) is 3.68. The Morgan fingerprint density at radius 2 is 1.81 bits per heavy atom. The first-order valence-corrected chi connectivity index (χ1v) is 9.99. The Morgan fingerprint density at radius 3 is 2.38 bits per heavy atom. The van der Waals surface area contributed by atoms with E-state index < -0.39 is 10.0 Å². The molecule has 6 nitrogen and oxygen atoms in total. The van der Waals surface area contributed by atoms with Crippen molar-refractivity contribution in [3.63, 3.8) is 0 Å². The molecule has 0 radical (unpaired) electrons. The van der Waals surface area contributed by atoms with Crippen LogP contribution in [0.25, 0.3) is 0 Å². The Balaban J connectivity index is 1.44. The van der Waals surface area contributed by atoms with Crippen molar-refractivity contribution in [1.29, 1.82) is 0 Å². The van der Waals surface area contributed by atoms with Gasteiger partial charge in [-0.2, -0.15) is 0 Å². The molecular formula is C14H28N4O2S. The first-order chi connectivity index (χ1) is 10.0. The van der Waals surface area contributed by atoms with Crippen LogP contribution in [0.2, 0.25) is 0 Å². The third-order valence-electron chi connectivity index (χ3n) is 5.15. The molecule has 21 heavy (non-hydrogen) atoms. The minimum absolute atomic E-state index is 0.505. The average molecular weight is 316 g/mol. The lowest BCUT2D eigenvalue weighted by atomic mass is 9.98. The van der Waals surface area contributed by atoms with Crippen LogP contribution in [0.5, 0.6) is 0 Å². The van der Waals surface area contributed by atoms with E-state index >= 15 is 0 Å². The number of sulfonamides is 1. The topological polar surface area (TPSA) is 55.9 Å². The van der Waals surface area contributed by atoms with Gasteiger partial charge in [0.15, 0.2) is 0 Å². The molecule has 3 fully saturated rings. The number of piperidine rings is 1. The van der Waals surface area contributed by atoms with Crippen molar-refractivity contribution >= 4 is 10.0 Å². The average Bonchev–Trinajstić information content (AvgIpc) is 2.38. The predicted molar refractivity (Wildman–Crippen MR) is 83.8 cm³/mol. The summed E-state index contributed by atoms with van der Waals surface area (Å²) >= 11 is 0. The minimum Gasteiger partial charge on any atom is -0.314 e. The maximum Gasteiger partial charge on any atom is 0.211 e. The number of piperazine rings is 1. The van der Waals surface area contributed by atoms with Gasteiger partial charge in [-0.15, -0.1) is 0 Å². The van der Waals surface area contributed by atoms with E-state index in [9.17, 15) is 8.42 Å². The van der Waals surface area contributed by atoms with E-state index in [1.807, 2.05) is 0 Å². The van der Waals surface area contributed by atoms with Crippen molar-refractivity contribution in [3.8, 4) is 0 Å². The predicted octanol–water partition coefficient (Wildman–Crippen LogP) is -0.753. The summed E-state index contributed by atoms with van der Waals surface area (Å²) < 4.78 is 25.0. The molecule has 1 unspecified atom stereocenters. The van der Waals surface area contributed by atoms with E-state index in [2.05, 4.69) is 15.1 Å². The van der Waals surface area contributed by atoms with Gasteiger partial charge in [0, 0.05) is 64.9 Å². The number of hydrogen-bond donors (Lipinski definition) is 1. The van der Waals surface area contributed by atoms with E-state index in [1.54, 1.807) is 4.31 Å². The number of hydrogen-bond acceptors (Lipinski definition) is 5. The minimum atomic E-state index is -3.02. The lowest BCUT2D eigenvalue weighted by Crippen LogP contribution is -2.62. The molecule has 3 aliphatic heterocycles. The highest BCUT2D eigenvalue weighted by molar-refractivity contribution is 7.88. The quantitative estimate of drug-likeness (QED) is 0.739. The van der Waals surface area contributed by atoms with Crippen molar-refractivity contribution in [3.05, 3.63) is 0 Å². The van der Waals surface area contributed by atoms with Gasteiger partial charge >= 0.3 is 0 Å². The van der Waals surface area contributed by atoms with Gasteiger partial charge in [0.1, 0.15) is 0 Å². The van der Waals surface area contributed by atoms with Crippen LogP contribution in [0.3, 0.4) is 0 Å². The molecule has 7 heteroatoms. The molecule has 0 amide bonds. The van der Waals surface area contributed by atoms with Crippen molar-refractivity contribution in [1.82, 2.24) is 19.4 Å². The van der Waals surface area contributed by atoms with Gasteiger partial charge in [0.05, 0.1) is 6.26 Å². The zero-order valence-corrected chi connectivity index (χ0v) is 13.8. The third-order valence-corrected chi connectivity index (χ3v) is 6.42. The zero-order valence-electron chi connectivity index (χ0n) is 13.0. The van der Waals surface area contributed by atoms with Crippen LogP contribution in [0, 0.1) is 5.92 Å². The second-order valence-electron chi connectivity index (χ2n) is 6.78. The molecular weight excluding hydrogens is 288 g/mol. The third kappa shape index (κ3) is 3.96. The van der Waals surface area contributed by atoms with Gasteiger partial charge in [-0.25, -0.2) is 12.7 Å². The molecule has 3 aliphatic rings. The summed E-state index contributed by atoms with van der Waals surface area (Å²) in [7, 11) is -3.02. The summed E-state index contributed by atoms with van der Waals surface area (Å²) in [5, 5.41) is 3.34. The zero-order chi connectivity index (χ0) is 14.9. The van der Waals surface area contributed by atoms with Crippen molar-refractivity contribution < 1.29 is 8.42 Å². The molecule has 1 atom stereocenters. The van der Waals surface area contributed by atoms with Crippen molar-refractivity contribution in [2.24, 2.45) is 5.92 Å². The van der Waals surface area contributed by atoms with Gasteiger partial charge in [0.2, 0.25) is 10.0 Å². The molecule has 0 aromatic carbocycles. The molecule has 0 saturated carbocycles. The summed E-state index contributed by atoms with van der Waals surface area (Å²) in [6.07, 6.45) is 3.50. The van der Waals surface area contributed by atoms with Crippen LogP contribution in [0.1, 0.15) is 12.8 Å². The fourth-order valence-corrected chi connectivity index (χ4v) is 4.63. The molecule has 0 aliphatic carbocycles. The van der Waals surface area contributed by atoms with E-state index in [0.717, 1.165) is 58.3 Å². The second-order valence-corrected chi connectivity index (χ2v) is 8.76. The highest BCUT2D eigenvalue weighted by Gasteiger charge is 2.30. The van der Waals surface area contributed by atoms with Crippen molar-refractivity contribution in [2.75, 3.05) is 65.2 Å². The summed E-state index contributed by atoms with van der Waals surface area (Å²) in [6, 6.07) is 0.752. The number of nitrogens with one attached hydrogen (secondary N) is 1. The fraction of sp³-hybridized carbons (Fsp3) is 1.00. The molecule has 3 rings (SSSR count). The lowest BCUT2D eigenvalue weighted by molar-refractivity contribution is 0.0600. The Bertz CT molecular complexity index is 444. The first kappa shape index (κ1) is 15.7. The van der Waals surface area contributed by atoms with Gasteiger partial charge in [-0.3, -0.25) is 4.90 Å². The van der Waals surface area contributed by atoms with Crippen molar-refractivity contribution in [2.45, 2.75) is 18.9 Å². The van der Waals surface area contributed by atoms with E-state index in [-0.39, 0.29) is 0 Å². The molecule has 0 spiro atoms. The largest absolute Gasteiger partial charge is 0.314 e. The SMILES string of the molecule is CS(=O)(=O)N1CCCC(CN2CCN(C3CNC3)CC2)C1. The summed E-state index contributed by atoms with van der Waals surface area (Å²) in [5.74, 6) is 0.505. The monoisotopic (exact) mass is 316 g/mol. The van der Waals surface area contributed by atoms with E-state index in [1.165, 1.54) is 12.7 Å². The Labute approximate surface area is 128 Å². The molecule has 0 aromatic heterocycles. The normalized spacial score (nSPS) is 31.2. The van der Waals surface area contributed by atoms with Gasteiger partial charge in [0.25, 0.3) is 0 Å².